The fourth-order valence-corrected chi connectivity index (χ4v) is 7.29. The number of anilines is 1. The molecule has 3 fully saturated rings. The number of amides is 2. The van der Waals surface area contributed by atoms with Crippen molar-refractivity contribution in [1.82, 2.24) is 14.9 Å². The molecule has 3 heterocycles. The van der Waals surface area contributed by atoms with Gasteiger partial charge in [-0.25, -0.2) is 17.5 Å². The van der Waals surface area contributed by atoms with E-state index in [0.717, 1.165) is 35.5 Å². The van der Waals surface area contributed by atoms with Crippen molar-refractivity contribution in [1.29, 1.82) is 0 Å². The number of piperidine rings is 1. The number of carbonyl (C=O) groups excluding carboxylic acids is 2. The highest BCUT2D eigenvalue weighted by Crippen LogP contribution is 2.35. The number of amidine groups is 1. The van der Waals surface area contributed by atoms with Gasteiger partial charge in [-0.15, -0.1) is 0 Å². The van der Waals surface area contributed by atoms with Crippen molar-refractivity contribution >= 4 is 33.5 Å². The van der Waals surface area contributed by atoms with E-state index in [1.807, 2.05) is 25.1 Å². The number of hydrogen-bond acceptors (Lipinski definition) is 7. The minimum absolute atomic E-state index is 0.0279. The lowest BCUT2D eigenvalue weighted by Gasteiger charge is -2.34. The second-order valence-electron chi connectivity index (χ2n) is 10.7. The van der Waals surface area contributed by atoms with Gasteiger partial charge in [0.15, 0.2) is 0 Å². The predicted molar refractivity (Wildman–Crippen MR) is 141 cm³/mol. The average molecular weight is 532 g/mol. The van der Waals surface area contributed by atoms with Crippen molar-refractivity contribution in [3.05, 3.63) is 29.3 Å². The molecule has 0 radical (unpaired) electrons. The summed E-state index contributed by atoms with van der Waals surface area (Å²) in [5.74, 6) is 1.13. The molecule has 37 heavy (non-hydrogen) atoms. The first-order chi connectivity index (χ1) is 17.7. The third-order valence-corrected chi connectivity index (χ3v) is 10.1. The second-order valence-corrected chi connectivity index (χ2v) is 12.8. The van der Waals surface area contributed by atoms with Gasteiger partial charge in [-0.3, -0.25) is 9.79 Å². The van der Waals surface area contributed by atoms with Crippen molar-refractivity contribution < 1.29 is 22.7 Å². The number of carbonyl (C=O) groups is 2. The molecule has 3 N–H and O–H groups in total. The number of cyclic esters (lactones) is 1. The molecule has 2 saturated heterocycles. The molecule has 1 aromatic rings. The summed E-state index contributed by atoms with van der Waals surface area (Å²) in [6.45, 7) is 3.60. The Bertz CT molecular complexity index is 1170. The van der Waals surface area contributed by atoms with Gasteiger partial charge in [0.25, 0.3) is 5.91 Å². The zero-order chi connectivity index (χ0) is 26.0. The Morgan fingerprint density at radius 2 is 1.92 bits per heavy atom. The molecule has 1 aliphatic carbocycles. The van der Waals surface area contributed by atoms with Crippen molar-refractivity contribution in [2.75, 3.05) is 37.2 Å². The third kappa shape index (κ3) is 5.77. The molecule has 11 heteroatoms. The smallest absolute Gasteiger partial charge is 0.407 e. The molecule has 1 spiro atoms. The normalized spacial score (nSPS) is 24.5. The van der Waals surface area contributed by atoms with E-state index in [4.69, 9.17) is 9.73 Å². The van der Waals surface area contributed by atoms with Crippen molar-refractivity contribution in [3.63, 3.8) is 0 Å². The monoisotopic (exact) mass is 531 g/mol. The van der Waals surface area contributed by atoms with Crippen LogP contribution in [0.2, 0.25) is 0 Å². The van der Waals surface area contributed by atoms with E-state index in [1.54, 1.807) is 0 Å². The molecular weight excluding hydrogens is 494 g/mol. The lowest BCUT2D eigenvalue weighted by atomic mass is 9.88. The lowest BCUT2D eigenvalue weighted by Crippen LogP contribution is -2.51. The van der Waals surface area contributed by atoms with Crippen molar-refractivity contribution in [2.24, 2.45) is 10.9 Å². The van der Waals surface area contributed by atoms with Crippen LogP contribution in [0.5, 0.6) is 0 Å². The number of benzene rings is 1. The summed E-state index contributed by atoms with van der Waals surface area (Å²) >= 11 is 0. The van der Waals surface area contributed by atoms with Crippen LogP contribution in [0.25, 0.3) is 0 Å². The molecule has 3 aliphatic heterocycles. The molecule has 202 valence electrons. The summed E-state index contributed by atoms with van der Waals surface area (Å²) in [6.07, 6.45) is 6.41. The maximum Gasteiger partial charge on any atom is 0.407 e. The van der Waals surface area contributed by atoms with E-state index in [-0.39, 0.29) is 17.8 Å². The van der Waals surface area contributed by atoms with Crippen LogP contribution in [-0.2, 0) is 26.0 Å². The highest BCUT2D eigenvalue weighted by atomic mass is 32.2. The third-order valence-electron chi connectivity index (χ3n) is 8.19. The van der Waals surface area contributed by atoms with Crippen LogP contribution in [0.4, 0.5) is 10.5 Å². The Labute approximate surface area is 218 Å². The Kier molecular flexibility index (Phi) is 7.44. The number of nitrogens with one attached hydrogen (secondary N) is 3. The highest BCUT2D eigenvalue weighted by molar-refractivity contribution is 7.89. The molecule has 2 amide bonds. The SMILES string of the molecule is Cc1cc(NCC2CNC(=O)O2)ccc1CCS(=O)(=O)N1CCC2(CC1)N=C(C1CCCCC1)NC2=O. The zero-order valence-electron chi connectivity index (χ0n) is 21.4. The number of nitrogens with zero attached hydrogens (tertiary/aromatic N) is 2. The van der Waals surface area contributed by atoms with Crippen LogP contribution in [0.3, 0.4) is 0 Å². The first-order valence-corrected chi connectivity index (χ1v) is 15.0. The second kappa shape index (κ2) is 10.6. The summed E-state index contributed by atoms with van der Waals surface area (Å²) in [5.41, 5.74) is 2.09. The van der Waals surface area contributed by atoms with Gasteiger partial charge in [0, 0.05) is 24.7 Å². The fourth-order valence-electron chi connectivity index (χ4n) is 5.82. The first-order valence-electron chi connectivity index (χ1n) is 13.4. The summed E-state index contributed by atoms with van der Waals surface area (Å²) < 4.78 is 32.9. The molecular formula is C26H37N5O5S. The summed E-state index contributed by atoms with van der Waals surface area (Å²) in [7, 11) is -3.45. The van der Waals surface area contributed by atoms with Gasteiger partial charge < -0.3 is 20.7 Å². The molecule has 1 unspecified atom stereocenters. The van der Waals surface area contributed by atoms with Gasteiger partial charge in [-0.05, 0) is 62.3 Å². The summed E-state index contributed by atoms with van der Waals surface area (Å²) in [6, 6.07) is 5.85. The molecule has 5 rings (SSSR count). The first kappa shape index (κ1) is 26.0. The van der Waals surface area contributed by atoms with E-state index in [9.17, 15) is 18.0 Å². The number of aliphatic imine (C=N–C) groups is 1. The molecule has 4 aliphatic rings. The van der Waals surface area contributed by atoms with E-state index in [1.165, 1.54) is 23.6 Å². The number of aryl methyl sites for hydroxylation is 2. The number of sulfonamides is 1. The van der Waals surface area contributed by atoms with Crippen LogP contribution < -0.4 is 16.0 Å². The number of alkyl carbamates (subject to hydrolysis) is 1. The van der Waals surface area contributed by atoms with Gasteiger partial charge in [-0.2, -0.15) is 0 Å². The Balaban J connectivity index is 1.13. The molecule has 0 bridgehead atoms. The average Bonchev–Trinajstić information content (AvgIpc) is 3.45. The molecule has 1 saturated carbocycles. The predicted octanol–water partition coefficient (Wildman–Crippen LogP) is 2.33. The maximum absolute atomic E-state index is 13.1. The Hall–Kier alpha value is -2.66. The largest absolute Gasteiger partial charge is 0.442 e. The van der Waals surface area contributed by atoms with Gasteiger partial charge in [-0.1, -0.05) is 25.3 Å². The van der Waals surface area contributed by atoms with Crippen molar-refractivity contribution in [2.45, 2.75) is 69.9 Å². The van der Waals surface area contributed by atoms with Crippen LogP contribution in [0, 0.1) is 12.8 Å². The van der Waals surface area contributed by atoms with E-state index >= 15 is 0 Å². The molecule has 1 atom stereocenters. The standard InChI is InChI=1S/C26H37N5O5S/c1-18-15-21(27-16-22-17-28-25(33)36-22)8-7-19(18)9-14-37(34,35)31-12-10-26(11-13-31)24(32)29-23(30-26)20-5-3-2-4-6-20/h7-8,15,20,22,27H,2-6,9-14,16-17H2,1H3,(H,28,33)(H,29,30,32). The van der Waals surface area contributed by atoms with Crippen molar-refractivity contribution in [3.8, 4) is 0 Å². The van der Waals surface area contributed by atoms with Gasteiger partial charge in [0.05, 0.1) is 18.8 Å². The summed E-state index contributed by atoms with van der Waals surface area (Å²) in [4.78, 5) is 28.9. The molecule has 10 nitrogen and oxygen atoms in total. The number of hydrogen-bond donors (Lipinski definition) is 3. The van der Waals surface area contributed by atoms with Crippen LogP contribution in [0.15, 0.2) is 23.2 Å². The van der Waals surface area contributed by atoms with Crippen LogP contribution >= 0.6 is 0 Å². The topological polar surface area (TPSA) is 129 Å². The Morgan fingerprint density at radius 3 is 2.59 bits per heavy atom. The molecule has 0 aromatic heterocycles. The van der Waals surface area contributed by atoms with Crippen LogP contribution in [0.1, 0.15) is 56.1 Å². The maximum atomic E-state index is 13.1. The number of ether oxygens (including phenoxy) is 1. The minimum atomic E-state index is -3.45. The van der Waals surface area contributed by atoms with Gasteiger partial charge in [0.2, 0.25) is 10.0 Å². The minimum Gasteiger partial charge on any atom is -0.442 e. The van der Waals surface area contributed by atoms with Crippen LogP contribution in [-0.4, -0.2) is 74.1 Å². The van der Waals surface area contributed by atoms with E-state index in [2.05, 4.69) is 16.0 Å². The fraction of sp³-hybridized carbons (Fsp3) is 0.654. The zero-order valence-corrected chi connectivity index (χ0v) is 22.2. The lowest BCUT2D eigenvalue weighted by molar-refractivity contribution is -0.125. The Morgan fingerprint density at radius 1 is 1.16 bits per heavy atom. The quantitative estimate of drug-likeness (QED) is 0.472. The number of rotatable bonds is 8. The van der Waals surface area contributed by atoms with Gasteiger partial charge >= 0.3 is 6.09 Å². The summed E-state index contributed by atoms with van der Waals surface area (Å²) in [5, 5.41) is 8.93. The van der Waals surface area contributed by atoms with Gasteiger partial charge in [0.1, 0.15) is 17.5 Å². The molecule has 1 aromatic carbocycles. The van der Waals surface area contributed by atoms with E-state index < -0.39 is 21.7 Å². The highest BCUT2D eigenvalue weighted by Gasteiger charge is 2.48. The van der Waals surface area contributed by atoms with E-state index in [0.29, 0.717) is 51.4 Å².